The molecule has 3 rings (SSSR count). The Kier molecular flexibility index (Phi) is 5.80. The van der Waals surface area contributed by atoms with Crippen molar-refractivity contribution in [2.24, 2.45) is 5.14 Å². The number of fused-ring (bicyclic) bond motifs is 1. The van der Waals surface area contributed by atoms with Crippen LogP contribution in [0.2, 0.25) is 0 Å². The number of amides is 1. The summed E-state index contributed by atoms with van der Waals surface area (Å²) in [6.45, 7) is 4.12. The number of hydrogen-bond acceptors (Lipinski definition) is 7. The van der Waals surface area contributed by atoms with E-state index in [1.807, 2.05) is 0 Å². The summed E-state index contributed by atoms with van der Waals surface area (Å²) in [7, 11) is -3.74. The number of carbonyl (C=O) groups excluding carboxylic acids is 1. The minimum absolute atomic E-state index is 0.00487. The molecule has 0 unspecified atom stereocenters. The van der Waals surface area contributed by atoms with Crippen molar-refractivity contribution in [3.8, 4) is 0 Å². The summed E-state index contributed by atoms with van der Waals surface area (Å²) in [5, 5.41) is 9.73. The van der Waals surface area contributed by atoms with Crippen LogP contribution in [0.4, 0.5) is 5.69 Å². The fourth-order valence-corrected chi connectivity index (χ4v) is 5.02. The third-order valence-corrected chi connectivity index (χ3v) is 7.00. The number of primary sulfonamides is 1. The Labute approximate surface area is 165 Å². The van der Waals surface area contributed by atoms with Crippen molar-refractivity contribution >= 4 is 54.9 Å². The van der Waals surface area contributed by atoms with Gasteiger partial charge < -0.3 is 5.32 Å². The van der Waals surface area contributed by atoms with E-state index in [2.05, 4.69) is 29.1 Å². The van der Waals surface area contributed by atoms with E-state index in [1.165, 1.54) is 46.5 Å². The minimum atomic E-state index is -3.74. The molecule has 2 heterocycles. The third kappa shape index (κ3) is 4.64. The van der Waals surface area contributed by atoms with Gasteiger partial charge in [0.15, 0.2) is 0 Å². The highest BCUT2D eigenvalue weighted by atomic mass is 32.2. The number of thioether (sulfide) groups is 1. The first-order chi connectivity index (χ1) is 12.8. The number of benzene rings is 1. The van der Waals surface area contributed by atoms with Gasteiger partial charge in [-0.2, -0.15) is 0 Å². The number of thiophene rings is 1. The monoisotopic (exact) mass is 422 g/mol. The van der Waals surface area contributed by atoms with Gasteiger partial charge in [-0.15, -0.1) is 23.1 Å². The number of nitrogens with two attached hydrogens (primary N) is 1. The fraction of sp³-hybridized carbons (Fsp3) is 0.235. The third-order valence-electron chi connectivity index (χ3n) is 3.97. The zero-order chi connectivity index (χ0) is 19.6. The van der Waals surface area contributed by atoms with Gasteiger partial charge in [0, 0.05) is 28.1 Å². The molecular weight excluding hydrogens is 404 g/mol. The molecule has 3 N–H and O–H groups in total. The van der Waals surface area contributed by atoms with Crippen molar-refractivity contribution in [3.63, 3.8) is 0 Å². The van der Waals surface area contributed by atoms with Gasteiger partial charge in [-0.1, -0.05) is 0 Å². The second kappa shape index (κ2) is 7.93. The minimum Gasteiger partial charge on any atom is -0.326 e. The van der Waals surface area contributed by atoms with Crippen LogP contribution in [0, 0.1) is 13.8 Å². The van der Waals surface area contributed by atoms with E-state index in [0.717, 1.165) is 15.2 Å². The summed E-state index contributed by atoms with van der Waals surface area (Å²) >= 11 is 3.16. The smallest absolute Gasteiger partial charge is 0.238 e. The Bertz CT molecular complexity index is 1090. The lowest BCUT2D eigenvalue weighted by molar-refractivity contribution is -0.115. The lowest BCUT2D eigenvalue weighted by atomic mass is 10.2. The standard InChI is InChI=1S/C17H18N4O3S3/c1-10-11(2)26-17-15(10)16(19-9-20-17)25-8-7-14(22)21-12-3-5-13(6-4-12)27(18,23)24/h3-6,9H,7-8H2,1-2H3,(H,21,22)(H2,18,23,24). The molecule has 0 aliphatic heterocycles. The normalized spacial score (nSPS) is 11.7. The van der Waals surface area contributed by atoms with E-state index in [-0.39, 0.29) is 10.8 Å². The van der Waals surface area contributed by atoms with Gasteiger partial charge in [0.1, 0.15) is 16.2 Å². The molecule has 10 heteroatoms. The number of nitrogens with zero attached hydrogens (tertiary/aromatic N) is 2. The zero-order valence-electron chi connectivity index (χ0n) is 14.7. The molecule has 1 aromatic carbocycles. The molecule has 0 spiro atoms. The molecule has 27 heavy (non-hydrogen) atoms. The number of anilines is 1. The summed E-state index contributed by atoms with van der Waals surface area (Å²) in [6.07, 6.45) is 1.85. The molecule has 142 valence electrons. The lowest BCUT2D eigenvalue weighted by Crippen LogP contribution is -2.14. The van der Waals surface area contributed by atoms with Gasteiger partial charge in [0.05, 0.1) is 4.90 Å². The van der Waals surface area contributed by atoms with Crippen molar-refractivity contribution in [2.45, 2.75) is 30.2 Å². The molecule has 0 saturated carbocycles. The molecule has 0 radical (unpaired) electrons. The Morgan fingerprint density at radius 2 is 1.93 bits per heavy atom. The maximum atomic E-state index is 12.1. The van der Waals surface area contributed by atoms with Crippen LogP contribution in [0.3, 0.4) is 0 Å². The van der Waals surface area contributed by atoms with Crippen molar-refractivity contribution in [1.82, 2.24) is 9.97 Å². The number of carbonyl (C=O) groups is 1. The SMILES string of the molecule is Cc1sc2ncnc(SCCC(=O)Nc3ccc(S(N)(=O)=O)cc3)c2c1C. The largest absolute Gasteiger partial charge is 0.326 e. The quantitative estimate of drug-likeness (QED) is 0.466. The van der Waals surface area contributed by atoms with Gasteiger partial charge in [0.2, 0.25) is 15.9 Å². The molecule has 0 aliphatic carbocycles. The first kappa shape index (κ1) is 19.7. The number of nitrogens with one attached hydrogen (secondary N) is 1. The first-order valence-corrected chi connectivity index (χ1v) is 11.4. The van der Waals surface area contributed by atoms with Crippen molar-refractivity contribution in [2.75, 3.05) is 11.1 Å². The molecule has 2 aromatic heterocycles. The van der Waals surface area contributed by atoms with E-state index >= 15 is 0 Å². The van der Waals surface area contributed by atoms with Crippen molar-refractivity contribution in [3.05, 3.63) is 41.0 Å². The number of aryl methyl sites for hydroxylation is 2. The summed E-state index contributed by atoms with van der Waals surface area (Å²) in [5.41, 5.74) is 1.70. The molecule has 7 nitrogen and oxygen atoms in total. The van der Waals surface area contributed by atoms with Gasteiger partial charge in [-0.25, -0.2) is 23.5 Å². The number of sulfonamides is 1. The van der Waals surface area contributed by atoms with E-state index < -0.39 is 10.0 Å². The topological polar surface area (TPSA) is 115 Å². The van der Waals surface area contributed by atoms with Crippen LogP contribution in [0.25, 0.3) is 10.2 Å². The van der Waals surface area contributed by atoms with Crippen LogP contribution in [0.1, 0.15) is 16.9 Å². The number of hydrogen-bond donors (Lipinski definition) is 2. The summed E-state index contributed by atoms with van der Waals surface area (Å²) in [4.78, 5) is 23.0. The van der Waals surface area contributed by atoms with Crippen LogP contribution in [0.15, 0.2) is 40.5 Å². The van der Waals surface area contributed by atoms with Crippen LogP contribution < -0.4 is 10.5 Å². The summed E-state index contributed by atoms with van der Waals surface area (Å²) < 4.78 is 22.5. The fourth-order valence-electron chi connectivity index (χ4n) is 2.45. The Morgan fingerprint density at radius 3 is 2.59 bits per heavy atom. The summed E-state index contributed by atoms with van der Waals surface area (Å²) in [5.74, 6) is 0.413. The molecular formula is C17H18N4O3S3. The highest BCUT2D eigenvalue weighted by molar-refractivity contribution is 7.99. The van der Waals surface area contributed by atoms with Gasteiger partial charge in [-0.3, -0.25) is 4.79 Å². The second-order valence-corrected chi connectivity index (χ2v) is 9.71. The van der Waals surface area contributed by atoms with Gasteiger partial charge in [-0.05, 0) is 43.7 Å². The maximum absolute atomic E-state index is 12.1. The Morgan fingerprint density at radius 1 is 1.22 bits per heavy atom. The first-order valence-electron chi connectivity index (χ1n) is 8.02. The van der Waals surface area contributed by atoms with Crippen LogP contribution in [0.5, 0.6) is 0 Å². The van der Waals surface area contributed by atoms with Crippen molar-refractivity contribution in [1.29, 1.82) is 0 Å². The predicted octanol–water partition coefficient (Wildman–Crippen LogP) is 3.08. The summed E-state index contributed by atoms with van der Waals surface area (Å²) in [6, 6.07) is 5.74. The number of aromatic nitrogens is 2. The Balaban J connectivity index is 1.59. The molecule has 0 bridgehead atoms. The van der Waals surface area contributed by atoms with E-state index in [4.69, 9.17) is 5.14 Å². The lowest BCUT2D eigenvalue weighted by Gasteiger charge is -2.06. The molecule has 0 fully saturated rings. The average Bonchev–Trinajstić information content (AvgIpc) is 2.90. The molecule has 0 saturated heterocycles. The molecule has 1 amide bonds. The van der Waals surface area contributed by atoms with Gasteiger partial charge in [0.25, 0.3) is 0 Å². The van der Waals surface area contributed by atoms with Crippen LogP contribution >= 0.6 is 23.1 Å². The highest BCUT2D eigenvalue weighted by Gasteiger charge is 2.13. The van der Waals surface area contributed by atoms with E-state index in [9.17, 15) is 13.2 Å². The van der Waals surface area contributed by atoms with E-state index in [1.54, 1.807) is 17.7 Å². The number of rotatable bonds is 6. The van der Waals surface area contributed by atoms with E-state index in [0.29, 0.717) is 17.9 Å². The molecule has 0 atom stereocenters. The van der Waals surface area contributed by atoms with Crippen molar-refractivity contribution < 1.29 is 13.2 Å². The second-order valence-electron chi connectivity index (χ2n) is 5.86. The van der Waals surface area contributed by atoms with Gasteiger partial charge >= 0.3 is 0 Å². The predicted molar refractivity (Wildman–Crippen MR) is 109 cm³/mol. The maximum Gasteiger partial charge on any atom is 0.238 e. The highest BCUT2D eigenvalue weighted by Crippen LogP contribution is 2.34. The zero-order valence-corrected chi connectivity index (χ0v) is 17.2. The Hall–Kier alpha value is -2.01. The average molecular weight is 423 g/mol. The molecule has 0 aliphatic rings. The van der Waals surface area contributed by atoms with Crippen LogP contribution in [-0.2, 0) is 14.8 Å². The van der Waals surface area contributed by atoms with Crippen LogP contribution in [-0.4, -0.2) is 30.0 Å². The molecule has 3 aromatic rings.